The molecule has 0 spiro atoms. The first-order chi connectivity index (χ1) is 8.54. The van der Waals surface area contributed by atoms with Crippen molar-refractivity contribution in [2.24, 2.45) is 29.6 Å². The zero-order chi connectivity index (χ0) is 12.9. The standard InChI is InChI=1S/C14H21NO3/c1-7(14(17)18)15-13(16)12-10-3-8-2-9(5-10)6-11(12)4-8/h7-12H,2-6H2,1H3,(H,15,16)(H,17,18)/t7-,8?,9?,10?,11?,12?/m1/s1. The Kier molecular flexibility index (Phi) is 2.83. The Balaban J connectivity index is 1.69. The summed E-state index contributed by atoms with van der Waals surface area (Å²) in [5.41, 5.74) is 0. The highest BCUT2D eigenvalue weighted by molar-refractivity contribution is 5.85. The molecular formula is C14H21NO3. The van der Waals surface area contributed by atoms with E-state index in [4.69, 9.17) is 5.11 Å². The maximum atomic E-state index is 12.3. The normalized spacial score (nSPS) is 42.6. The first kappa shape index (κ1) is 12.0. The Morgan fingerprint density at radius 2 is 1.56 bits per heavy atom. The largest absolute Gasteiger partial charge is 0.480 e. The lowest BCUT2D eigenvalue weighted by molar-refractivity contribution is -0.146. The van der Waals surface area contributed by atoms with Gasteiger partial charge in [0.1, 0.15) is 6.04 Å². The molecule has 4 bridgehead atoms. The average Bonchev–Trinajstić information content (AvgIpc) is 2.26. The number of nitrogens with one attached hydrogen (secondary N) is 1. The third-order valence-electron chi connectivity index (χ3n) is 5.26. The minimum atomic E-state index is -0.952. The predicted molar refractivity (Wildman–Crippen MR) is 65.8 cm³/mol. The van der Waals surface area contributed by atoms with E-state index in [9.17, 15) is 9.59 Å². The van der Waals surface area contributed by atoms with E-state index in [2.05, 4.69) is 5.32 Å². The molecule has 18 heavy (non-hydrogen) atoms. The van der Waals surface area contributed by atoms with Gasteiger partial charge in [-0.05, 0) is 62.7 Å². The number of carboxylic acid groups (broad SMARTS) is 1. The second kappa shape index (κ2) is 4.25. The van der Waals surface area contributed by atoms with Crippen molar-refractivity contribution in [2.45, 2.75) is 45.1 Å². The quantitative estimate of drug-likeness (QED) is 0.801. The number of rotatable bonds is 3. The van der Waals surface area contributed by atoms with Gasteiger partial charge in [0.15, 0.2) is 0 Å². The fourth-order valence-corrected chi connectivity index (χ4v) is 4.72. The van der Waals surface area contributed by atoms with Crippen molar-refractivity contribution >= 4 is 11.9 Å². The SMILES string of the molecule is C[C@@H](NC(=O)C1C2CC3CC(C2)CC1C3)C(=O)O. The minimum Gasteiger partial charge on any atom is -0.480 e. The van der Waals surface area contributed by atoms with E-state index in [-0.39, 0.29) is 11.8 Å². The number of amides is 1. The highest BCUT2D eigenvalue weighted by Gasteiger charge is 2.50. The molecular weight excluding hydrogens is 230 g/mol. The summed E-state index contributed by atoms with van der Waals surface area (Å²) in [6.07, 6.45) is 6.12. The van der Waals surface area contributed by atoms with Gasteiger partial charge in [0, 0.05) is 5.92 Å². The summed E-state index contributed by atoms with van der Waals surface area (Å²) < 4.78 is 0. The molecule has 4 heteroatoms. The number of hydrogen-bond donors (Lipinski definition) is 2. The van der Waals surface area contributed by atoms with Crippen molar-refractivity contribution in [2.75, 3.05) is 0 Å². The van der Waals surface area contributed by atoms with Crippen molar-refractivity contribution in [3.8, 4) is 0 Å². The van der Waals surface area contributed by atoms with Crippen molar-refractivity contribution in [1.82, 2.24) is 5.32 Å². The van der Waals surface area contributed by atoms with Crippen molar-refractivity contribution in [1.29, 1.82) is 0 Å². The van der Waals surface area contributed by atoms with Crippen LogP contribution in [0.25, 0.3) is 0 Å². The monoisotopic (exact) mass is 251 g/mol. The summed E-state index contributed by atoms with van der Waals surface area (Å²) in [6, 6.07) is -0.769. The zero-order valence-corrected chi connectivity index (χ0v) is 10.8. The van der Waals surface area contributed by atoms with E-state index in [0.717, 1.165) is 11.8 Å². The molecule has 0 aromatic carbocycles. The molecule has 0 aromatic heterocycles. The van der Waals surface area contributed by atoms with Crippen LogP contribution in [0.15, 0.2) is 0 Å². The van der Waals surface area contributed by atoms with Crippen LogP contribution in [0.1, 0.15) is 39.0 Å². The number of carboxylic acids is 1. The van der Waals surface area contributed by atoms with Crippen LogP contribution in [0, 0.1) is 29.6 Å². The van der Waals surface area contributed by atoms with Crippen LogP contribution in [0.2, 0.25) is 0 Å². The van der Waals surface area contributed by atoms with E-state index < -0.39 is 12.0 Å². The molecule has 4 nitrogen and oxygen atoms in total. The average molecular weight is 251 g/mol. The van der Waals surface area contributed by atoms with Gasteiger partial charge in [-0.1, -0.05) is 0 Å². The van der Waals surface area contributed by atoms with Gasteiger partial charge >= 0.3 is 5.97 Å². The molecule has 1 amide bonds. The molecule has 0 heterocycles. The van der Waals surface area contributed by atoms with Gasteiger partial charge < -0.3 is 10.4 Å². The fraction of sp³-hybridized carbons (Fsp3) is 0.857. The molecule has 0 radical (unpaired) electrons. The molecule has 4 fully saturated rings. The van der Waals surface area contributed by atoms with Gasteiger partial charge in [0.05, 0.1) is 0 Å². The molecule has 0 aromatic rings. The summed E-state index contributed by atoms with van der Waals surface area (Å²) in [6.45, 7) is 1.54. The number of carbonyl (C=O) groups excluding carboxylic acids is 1. The lowest BCUT2D eigenvalue weighted by Gasteiger charge is -2.53. The van der Waals surface area contributed by atoms with Crippen LogP contribution in [-0.4, -0.2) is 23.0 Å². The molecule has 4 aliphatic carbocycles. The maximum absolute atomic E-state index is 12.3. The molecule has 0 aliphatic heterocycles. The van der Waals surface area contributed by atoms with Crippen LogP contribution >= 0.6 is 0 Å². The molecule has 1 atom stereocenters. The summed E-state index contributed by atoms with van der Waals surface area (Å²) in [5, 5.41) is 11.5. The molecule has 4 saturated carbocycles. The Morgan fingerprint density at radius 1 is 1.06 bits per heavy atom. The predicted octanol–water partition coefficient (Wildman–Crippen LogP) is 1.65. The van der Waals surface area contributed by atoms with Gasteiger partial charge in [0.25, 0.3) is 0 Å². The molecule has 4 rings (SSSR count). The first-order valence-corrected chi connectivity index (χ1v) is 7.07. The molecule has 4 aliphatic rings. The summed E-state index contributed by atoms with van der Waals surface area (Å²) in [5.74, 6) is 1.83. The summed E-state index contributed by atoms with van der Waals surface area (Å²) >= 11 is 0. The topological polar surface area (TPSA) is 66.4 Å². The summed E-state index contributed by atoms with van der Waals surface area (Å²) in [7, 11) is 0. The second-order valence-corrected chi connectivity index (χ2v) is 6.53. The lowest BCUT2D eigenvalue weighted by Crippen LogP contribution is -2.53. The van der Waals surface area contributed by atoms with E-state index in [1.54, 1.807) is 0 Å². The Morgan fingerprint density at radius 3 is 2.00 bits per heavy atom. The fourth-order valence-electron chi connectivity index (χ4n) is 4.72. The lowest BCUT2D eigenvalue weighted by atomic mass is 9.51. The molecule has 2 N–H and O–H groups in total. The molecule has 0 saturated heterocycles. The smallest absolute Gasteiger partial charge is 0.325 e. The molecule has 0 unspecified atom stereocenters. The van der Waals surface area contributed by atoms with Gasteiger partial charge in [-0.25, -0.2) is 0 Å². The van der Waals surface area contributed by atoms with E-state index in [1.165, 1.54) is 39.0 Å². The van der Waals surface area contributed by atoms with Crippen LogP contribution in [0.5, 0.6) is 0 Å². The number of carbonyl (C=O) groups is 2. The van der Waals surface area contributed by atoms with Crippen molar-refractivity contribution < 1.29 is 14.7 Å². The third kappa shape index (κ3) is 1.91. The van der Waals surface area contributed by atoms with Crippen molar-refractivity contribution in [3.63, 3.8) is 0 Å². The highest BCUT2D eigenvalue weighted by atomic mass is 16.4. The first-order valence-electron chi connectivity index (χ1n) is 7.07. The van der Waals surface area contributed by atoms with Gasteiger partial charge in [0.2, 0.25) is 5.91 Å². The third-order valence-corrected chi connectivity index (χ3v) is 5.26. The minimum absolute atomic E-state index is 0.0151. The Hall–Kier alpha value is -1.06. The maximum Gasteiger partial charge on any atom is 0.325 e. The molecule has 100 valence electrons. The van der Waals surface area contributed by atoms with Gasteiger partial charge in [-0.2, -0.15) is 0 Å². The Bertz CT molecular complexity index is 351. The number of hydrogen-bond acceptors (Lipinski definition) is 2. The van der Waals surface area contributed by atoms with Crippen LogP contribution in [0.3, 0.4) is 0 Å². The van der Waals surface area contributed by atoms with Gasteiger partial charge in [-0.15, -0.1) is 0 Å². The Labute approximate surface area is 107 Å². The second-order valence-electron chi connectivity index (χ2n) is 6.53. The highest BCUT2D eigenvalue weighted by Crippen LogP contribution is 2.56. The zero-order valence-electron chi connectivity index (χ0n) is 10.8. The van der Waals surface area contributed by atoms with Gasteiger partial charge in [-0.3, -0.25) is 9.59 Å². The van der Waals surface area contributed by atoms with Crippen LogP contribution in [-0.2, 0) is 9.59 Å². The van der Waals surface area contributed by atoms with Crippen LogP contribution < -0.4 is 5.32 Å². The number of aliphatic carboxylic acids is 1. The summed E-state index contributed by atoms with van der Waals surface area (Å²) in [4.78, 5) is 23.1. The van der Waals surface area contributed by atoms with E-state index in [1.807, 2.05) is 0 Å². The van der Waals surface area contributed by atoms with Crippen molar-refractivity contribution in [3.05, 3.63) is 0 Å². The van der Waals surface area contributed by atoms with E-state index >= 15 is 0 Å². The van der Waals surface area contributed by atoms with E-state index in [0.29, 0.717) is 11.8 Å². The van der Waals surface area contributed by atoms with Crippen LogP contribution in [0.4, 0.5) is 0 Å².